The molecule has 0 aromatic carbocycles. The van der Waals surface area contributed by atoms with Crippen molar-refractivity contribution in [2.24, 2.45) is 0 Å². The number of carbonyl (C=O) groups is 2. The summed E-state index contributed by atoms with van der Waals surface area (Å²) >= 11 is 0. The highest BCUT2D eigenvalue weighted by molar-refractivity contribution is 5.83. The highest BCUT2D eigenvalue weighted by Crippen LogP contribution is 2.28. The van der Waals surface area contributed by atoms with Crippen molar-refractivity contribution in [2.45, 2.75) is 32.0 Å². The SMILES string of the molecule is C[C@H](OC(=O)N1CCCC1)C(=O)N1CCN(c2ncc(C(F)(F)F)cn2)CC1. The van der Waals surface area contributed by atoms with E-state index in [1.807, 2.05) is 0 Å². The molecule has 2 amide bonds. The zero-order valence-corrected chi connectivity index (χ0v) is 15.5. The van der Waals surface area contributed by atoms with Crippen molar-refractivity contribution in [3.8, 4) is 0 Å². The van der Waals surface area contributed by atoms with Crippen LogP contribution in [0.15, 0.2) is 12.4 Å². The normalized spacial score (nSPS) is 18.9. The third kappa shape index (κ3) is 4.63. The lowest BCUT2D eigenvalue weighted by atomic mass is 10.2. The van der Waals surface area contributed by atoms with Gasteiger partial charge < -0.3 is 19.4 Å². The average Bonchev–Trinajstić information content (AvgIpc) is 3.22. The number of nitrogens with zero attached hydrogens (tertiary/aromatic N) is 5. The number of hydrogen-bond donors (Lipinski definition) is 0. The number of piperazine rings is 1. The molecule has 1 atom stereocenters. The number of alkyl halides is 3. The Bertz CT molecular complexity index is 699. The van der Waals surface area contributed by atoms with Crippen molar-refractivity contribution in [3.63, 3.8) is 0 Å². The van der Waals surface area contributed by atoms with Crippen molar-refractivity contribution < 1.29 is 27.5 Å². The third-order valence-electron chi connectivity index (χ3n) is 4.83. The van der Waals surface area contributed by atoms with Crippen LogP contribution in [0, 0.1) is 0 Å². The number of carbonyl (C=O) groups excluding carboxylic acids is 2. The van der Waals surface area contributed by atoms with Crippen LogP contribution < -0.4 is 4.90 Å². The first-order valence-corrected chi connectivity index (χ1v) is 9.14. The smallest absolute Gasteiger partial charge is 0.419 e. The van der Waals surface area contributed by atoms with Gasteiger partial charge >= 0.3 is 12.3 Å². The molecule has 11 heteroatoms. The second kappa shape index (κ2) is 8.19. The molecule has 0 N–H and O–H groups in total. The number of likely N-dealkylation sites (tertiary alicyclic amines) is 1. The van der Waals surface area contributed by atoms with Crippen LogP contribution in [0.4, 0.5) is 23.9 Å². The summed E-state index contributed by atoms with van der Waals surface area (Å²) in [6.45, 7) is 4.27. The fourth-order valence-corrected chi connectivity index (χ4v) is 3.19. The summed E-state index contributed by atoms with van der Waals surface area (Å²) in [5, 5.41) is 0. The van der Waals surface area contributed by atoms with Gasteiger partial charge in [-0.3, -0.25) is 4.79 Å². The van der Waals surface area contributed by atoms with Gasteiger partial charge in [0.1, 0.15) is 0 Å². The quantitative estimate of drug-likeness (QED) is 0.768. The number of ether oxygens (including phenoxy) is 1. The van der Waals surface area contributed by atoms with Crippen molar-refractivity contribution in [3.05, 3.63) is 18.0 Å². The predicted molar refractivity (Wildman–Crippen MR) is 92.6 cm³/mol. The Balaban J connectivity index is 1.50. The lowest BCUT2D eigenvalue weighted by molar-refractivity contribution is -0.140. The highest BCUT2D eigenvalue weighted by atomic mass is 19.4. The van der Waals surface area contributed by atoms with Crippen molar-refractivity contribution in [2.75, 3.05) is 44.2 Å². The van der Waals surface area contributed by atoms with Gasteiger partial charge in [-0.2, -0.15) is 13.2 Å². The van der Waals surface area contributed by atoms with Crippen LogP contribution in [0.1, 0.15) is 25.3 Å². The van der Waals surface area contributed by atoms with Gasteiger partial charge in [-0.15, -0.1) is 0 Å². The lowest BCUT2D eigenvalue weighted by Crippen LogP contribution is -2.52. The van der Waals surface area contributed by atoms with Gasteiger partial charge in [-0.1, -0.05) is 0 Å². The number of hydrogen-bond acceptors (Lipinski definition) is 6. The molecule has 0 aliphatic carbocycles. The molecule has 154 valence electrons. The van der Waals surface area contributed by atoms with E-state index in [1.54, 1.807) is 21.6 Å². The number of aromatic nitrogens is 2. The van der Waals surface area contributed by atoms with E-state index in [4.69, 9.17) is 4.74 Å². The molecule has 0 saturated carbocycles. The molecule has 3 heterocycles. The summed E-state index contributed by atoms with van der Waals surface area (Å²) in [5.41, 5.74) is -0.904. The Hall–Kier alpha value is -2.59. The zero-order valence-electron chi connectivity index (χ0n) is 15.5. The molecule has 0 radical (unpaired) electrons. The van der Waals surface area contributed by atoms with Crippen molar-refractivity contribution in [1.29, 1.82) is 0 Å². The fraction of sp³-hybridized carbons (Fsp3) is 0.647. The first-order chi connectivity index (χ1) is 13.3. The Morgan fingerprint density at radius 1 is 1.00 bits per heavy atom. The van der Waals surface area contributed by atoms with Crippen molar-refractivity contribution in [1.82, 2.24) is 19.8 Å². The minimum absolute atomic E-state index is 0.189. The molecule has 1 aromatic rings. The first-order valence-electron chi connectivity index (χ1n) is 9.14. The molecule has 28 heavy (non-hydrogen) atoms. The monoisotopic (exact) mass is 401 g/mol. The second-order valence-electron chi connectivity index (χ2n) is 6.80. The summed E-state index contributed by atoms with van der Waals surface area (Å²) in [6, 6.07) is 0. The third-order valence-corrected chi connectivity index (χ3v) is 4.83. The van der Waals surface area contributed by atoms with E-state index in [0.717, 1.165) is 25.2 Å². The van der Waals surface area contributed by atoms with Crippen LogP contribution in [0.5, 0.6) is 0 Å². The molecule has 0 spiro atoms. The summed E-state index contributed by atoms with van der Waals surface area (Å²) in [7, 11) is 0. The van der Waals surface area contributed by atoms with Gasteiger partial charge in [0.05, 0.1) is 5.56 Å². The Kier molecular flexibility index (Phi) is 5.90. The van der Waals surface area contributed by atoms with Crippen LogP contribution >= 0.6 is 0 Å². The molecular weight excluding hydrogens is 379 g/mol. The maximum Gasteiger partial charge on any atom is 0.419 e. The average molecular weight is 401 g/mol. The Morgan fingerprint density at radius 3 is 2.11 bits per heavy atom. The second-order valence-corrected chi connectivity index (χ2v) is 6.80. The highest BCUT2D eigenvalue weighted by Gasteiger charge is 2.33. The van der Waals surface area contributed by atoms with Gasteiger partial charge in [0.2, 0.25) is 5.95 Å². The van der Waals surface area contributed by atoms with Crippen LogP contribution in [0.3, 0.4) is 0 Å². The molecule has 8 nitrogen and oxygen atoms in total. The maximum atomic E-state index is 12.6. The van der Waals surface area contributed by atoms with Gasteiger partial charge in [0.15, 0.2) is 6.10 Å². The Labute approximate surface area is 160 Å². The number of halogens is 3. The minimum atomic E-state index is -4.48. The summed E-state index contributed by atoms with van der Waals surface area (Å²) in [6.07, 6.45) is -2.47. The first kappa shape index (κ1) is 20.2. The molecule has 0 unspecified atom stereocenters. The number of rotatable bonds is 3. The minimum Gasteiger partial charge on any atom is -0.436 e. The molecule has 2 aliphatic rings. The number of amides is 2. The van der Waals surface area contributed by atoms with E-state index in [0.29, 0.717) is 39.3 Å². The molecular formula is C17H22F3N5O3. The van der Waals surface area contributed by atoms with E-state index >= 15 is 0 Å². The largest absolute Gasteiger partial charge is 0.436 e. The van der Waals surface area contributed by atoms with Crippen LogP contribution in [0.2, 0.25) is 0 Å². The fourth-order valence-electron chi connectivity index (χ4n) is 3.19. The van der Waals surface area contributed by atoms with E-state index in [9.17, 15) is 22.8 Å². The molecule has 2 fully saturated rings. The standard InChI is InChI=1S/C17H22F3N5O3/c1-12(28-16(27)25-4-2-3-5-25)14(26)23-6-8-24(9-7-23)15-21-10-13(11-22-15)17(18,19)20/h10-12H,2-9H2,1H3/t12-/m0/s1. The van der Waals surface area contributed by atoms with E-state index < -0.39 is 23.9 Å². The number of anilines is 1. The molecule has 3 rings (SSSR count). The van der Waals surface area contributed by atoms with Gasteiger partial charge in [-0.25, -0.2) is 14.8 Å². The van der Waals surface area contributed by atoms with E-state index in [-0.39, 0.29) is 11.9 Å². The van der Waals surface area contributed by atoms with E-state index in [1.165, 1.54) is 0 Å². The molecule has 1 aromatic heterocycles. The van der Waals surface area contributed by atoms with Gasteiger partial charge in [0.25, 0.3) is 5.91 Å². The molecule has 2 aliphatic heterocycles. The van der Waals surface area contributed by atoms with Crippen LogP contribution in [0.25, 0.3) is 0 Å². The molecule has 2 saturated heterocycles. The summed E-state index contributed by atoms with van der Waals surface area (Å²) < 4.78 is 43.0. The van der Waals surface area contributed by atoms with E-state index in [2.05, 4.69) is 9.97 Å². The summed E-state index contributed by atoms with van der Waals surface area (Å²) in [5.74, 6) is -0.103. The van der Waals surface area contributed by atoms with Gasteiger partial charge in [-0.05, 0) is 19.8 Å². The molecule has 0 bridgehead atoms. The van der Waals surface area contributed by atoms with Crippen LogP contribution in [-0.4, -0.2) is 77.1 Å². The summed E-state index contributed by atoms with van der Waals surface area (Å²) in [4.78, 5) is 36.9. The zero-order chi connectivity index (χ0) is 20.3. The lowest BCUT2D eigenvalue weighted by Gasteiger charge is -2.35. The predicted octanol–water partition coefficient (Wildman–Crippen LogP) is 1.76. The van der Waals surface area contributed by atoms with Crippen molar-refractivity contribution >= 4 is 17.9 Å². The van der Waals surface area contributed by atoms with Crippen LogP contribution in [-0.2, 0) is 15.7 Å². The topological polar surface area (TPSA) is 78.9 Å². The maximum absolute atomic E-state index is 12.6. The van der Waals surface area contributed by atoms with Gasteiger partial charge in [0, 0.05) is 51.7 Å². The Morgan fingerprint density at radius 2 is 1.57 bits per heavy atom.